The first-order valence-electron chi connectivity index (χ1n) is 6.67. The zero-order chi connectivity index (χ0) is 14.4. The van der Waals surface area contributed by atoms with Gasteiger partial charge in [-0.1, -0.05) is 20.3 Å². The lowest BCUT2D eigenvalue weighted by atomic mass is 10.1. The second kappa shape index (κ2) is 8.81. The molecule has 1 aromatic heterocycles. The number of hydrogen-bond donors (Lipinski definition) is 2. The molecule has 20 heavy (non-hydrogen) atoms. The fourth-order valence-electron chi connectivity index (χ4n) is 2.07. The van der Waals surface area contributed by atoms with Crippen LogP contribution in [0.4, 0.5) is 0 Å². The van der Waals surface area contributed by atoms with Crippen molar-refractivity contribution < 1.29 is 9.53 Å². The molecule has 0 bridgehead atoms. The molecule has 1 amide bonds. The molecule has 0 aromatic carbocycles. The van der Waals surface area contributed by atoms with Crippen LogP contribution < -0.4 is 15.8 Å². The van der Waals surface area contributed by atoms with Crippen LogP contribution in [0, 0.1) is 0 Å². The molecule has 6 nitrogen and oxygen atoms in total. The van der Waals surface area contributed by atoms with Crippen LogP contribution in [0.25, 0.3) is 0 Å². The SMILES string of the molecule is CCCC(N)C(=O)NCc1c(CC)nn(C)c1OC.Cl. The summed E-state index contributed by atoms with van der Waals surface area (Å²) in [6.45, 7) is 4.43. The van der Waals surface area contributed by atoms with E-state index in [4.69, 9.17) is 10.5 Å². The molecule has 1 atom stereocenters. The molecule has 1 rings (SSSR count). The quantitative estimate of drug-likeness (QED) is 0.792. The molecule has 1 unspecified atom stereocenters. The summed E-state index contributed by atoms with van der Waals surface area (Å²) >= 11 is 0. The topological polar surface area (TPSA) is 82.2 Å². The Balaban J connectivity index is 0.00000361. The van der Waals surface area contributed by atoms with Crippen LogP contribution >= 0.6 is 12.4 Å². The van der Waals surface area contributed by atoms with Crippen molar-refractivity contribution in [3.05, 3.63) is 11.3 Å². The molecule has 0 aliphatic carbocycles. The smallest absolute Gasteiger partial charge is 0.237 e. The van der Waals surface area contributed by atoms with Gasteiger partial charge in [0.1, 0.15) is 0 Å². The maximum Gasteiger partial charge on any atom is 0.237 e. The van der Waals surface area contributed by atoms with Gasteiger partial charge in [0.15, 0.2) is 0 Å². The number of methoxy groups -OCH3 is 1. The second-order valence-electron chi connectivity index (χ2n) is 4.52. The van der Waals surface area contributed by atoms with E-state index < -0.39 is 6.04 Å². The minimum Gasteiger partial charge on any atom is -0.481 e. The molecular weight excluding hydrogens is 280 g/mol. The van der Waals surface area contributed by atoms with Crippen LogP contribution in [0.3, 0.4) is 0 Å². The molecule has 0 aliphatic heterocycles. The molecular formula is C13H25ClN4O2. The zero-order valence-electron chi connectivity index (χ0n) is 12.6. The van der Waals surface area contributed by atoms with Crippen molar-refractivity contribution in [2.45, 2.75) is 45.7 Å². The number of carbonyl (C=O) groups excluding carboxylic acids is 1. The summed E-state index contributed by atoms with van der Waals surface area (Å²) in [5.74, 6) is 0.552. The molecule has 0 fully saturated rings. The van der Waals surface area contributed by atoms with E-state index >= 15 is 0 Å². The minimum absolute atomic E-state index is 0. The number of amides is 1. The lowest BCUT2D eigenvalue weighted by molar-refractivity contribution is -0.122. The first kappa shape index (κ1) is 18.7. The fourth-order valence-corrected chi connectivity index (χ4v) is 2.07. The van der Waals surface area contributed by atoms with Gasteiger partial charge in [0.05, 0.1) is 31.0 Å². The number of hydrogen-bond acceptors (Lipinski definition) is 4. The summed E-state index contributed by atoms with van der Waals surface area (Å²) in [5, 5.41) is 7.22. The van der Waals surface area contributed by atoms with E-state index in [1.165, 1.54) is 0 Å². The highest BCUT2D eigenvalue weighted by atomic mass is 35.5. The Morgan fingerprint density at radius 3 is 2.65 bits per heavy atom. The highest BCUT2D eigenvalue weighted by molar-refractivity contribution is 5.85. The van der Waals surface area contributed by atoms with Crippen LogP contribution in [0.15, 0.2) is 0 Å². The number of nitrogens with two attached hydrogens (primary N) is 1. The van der Waals surface area contributed by atoms with Crippen molar-refractivity contribution in [1.82, 2.24) is 15.1 Å². The molecule has 3 N–H and O–H groups in total. The maximum atomic E-state index is 11.8. The zero-order valence-corrected chi connectivity index (χ0v) is 13.4. The van der Waals surface area contributed by atoms with Gasteiger partial charge < -0.3 is 15.8 Å². The number of aromatic nitrogens is 2. The van der Waals surface area contributed by atoms with Crippen molar-refractivity contribution in [3.63, 3.8) is 0 Å². The predicted octanol–water partition coefficient (Wildman–Crippen LogP) is 1.16. The third-order valence-corrected chi connectivity index (χ3v) is 3.08. The number of rotatable bonds is 7. The fraction of sp³-hybridized carbons (Fsp3) is 0.692. The summed E-state index contributed by atoms with van der Waals surface area (Å²) in [4.78, 5) is 11.8. The van der Waals surface area contributed by atoms with Gasteiger partial charge in [0.25, 0.3) is 0 Å². The van der Waals surface area contributed by atoms with E-state index in [0.29, 0.717) is 18.8 Å². The van der Waals surface area contributed by atoms with E-state index in [1.54, 1.807) is 11.8 Å². The van der Waals surface area contributed by atoms with E-state index in [-0.39, 0.29) is 18.3 Å². The van der Waals surface area contributed by atoms with Gasteiger partial charge >= 0.3 is 0 Å². The van der Waals surface area contributed by atoms with Gasteiger partial charge in [-0.2, -0.15) is 5.10 Å². The summed E-state index contributed by atoms with van der Waals surface area (Å²) in [7, 11) is 3.43. The normalized spacial score (nSPS) is 11.7. The average Bonchev–Trinajstić information content (AvgIpc) is 2.71. The molecule has 0 saturated carbocycles. The number of aryl methyl sites for hydroxylation is 2. The molecule has 0 spiro atoms. The van der Waals surface area contributed by atoms with Crippen molar-refractivity contribution in [3.8, 4) is 5.88 Å². The third kappa shape index (κ3) is 4.38. The Morgan fingerprint density at radius 1 is 1.50 bits per heavy atom. The predicted molar refractivity (Wildman–Crippen MR) is 81.1 cm³/mol. The molecule has 0 radical (unpaired) electrons. The van der Waals surface area contributed by atoms with Gasteiger partial charge in [0, 0.05) is 7.05 Å². The number of halogens is 1. The molecule has 116 valence electrons. The van der Waals surface area contributed by atoms with Gasteiger partial charge in [-0.3, -0.25) is 4.79 Å². The first-order valence-corrected chi connectivity index (χ1v) is 6.67. The molecule has 0 saturated heterocycles. The standard InChI is InChI=1S/C13H24N4O2.ClH/c1-5-7-10(14)12(18)15-8-9-11(6-2)16-17(3)13(9)19-4;/h10H,5-8,14H2,1-4H3,(H,15,18);1H. The maximum absolute atomic E-state index is 11.8. The lowest BCUT2D eigenvalue weighted by Crippen LogP contribution is -2.40. The lowest BCUT2D eigenvalue weighted by Gasteiger charge is -2.12. The van der Waals surface area contributed by atoms with Crippen molar-refractivity contribution in [1.29, 1.82) is 0 Å². The molecule has 7 heteroatoms. The van der Waals surface area contributed by atoms with E-state index in [9.17, 15) is 4.79 Å². The highest BCUT2D eigenvalue weighted by Gasteiger charge is 2.18. The second-order valence-corrected chi connectivity index (χ2v) is 4.52. The van der Waals surface area contributed by atoms with Gasteiger partial charge in [-0.25, -0.2) is 4.68 Å². The molecule has 1 aromatic rings. The Kier molecular flexibility index (Phi) is 8.25. The van der Waals surface area contributed by atoms with Crippen molar-refractivity contribution in [2.75, 3.05) is 7.11 Å². The number of ether oxygens (including phenoxy) is 1. The van der Waals surface area contributed by atoms with Crippen LogP contribution in [-0.4, -0.2) is 28.8 Å². The first-order chi connectivity index (χ1) is 9.04. The minimum atomic E-state index is -0.447. The van der Waals surface area contributed by atoms with Gasteiger partial charge in [-0.15, -0.1) is 12.4 Å². The summed E-state index contributed by atoms with van der Waals surface area (Å²) in [6.07, 6.45) is 2.38. The van der Waals surface area contributed by atoms with Gasteiger partial charge in [-0.05, 0) is 12.8 Å². The van der Waals surface area contributed by atoms with E-state index in [0.717, 1.165) is 24.1 Å². The monoisotopic (exact) mass is 304 g/mol. The Morgan fingerprint density at radius 2 is 2.15 bits per heavy atom. The number of nitrogens with one attached hydrogen (secondary N) is 1. The van der Waals surface area contributed by atoms with E-state index in [1.807, 2.05) is 20.9 Å². The Labute approximate surface area is 126 Å². The van der Waals surface area contributed by atoms with Crippen LogP contribution in [0.2, 0.25) is 0 Å². The summed E-state index contributed by atoms with van der Waals surface area (Å²) in [6, 6.07) is -0.447. The van der Waals surface area contributed by atoms with Crippen LogP contribution in [0.5, 0.6) is 5.88 Å². The molecule has 1 heterocycles. The van der Waals surface area contributed by atoms with Crippen molar-refractivity contribution in [2.24, 2.45) is 12.8 Å². The molecule has 0 aliphatic rings. The average molecular weight is 305 g/mol. The van der Waals surface area contributed by atoms with Crippen LogP contribution in [0.1, 0.15) is 37.9 Å². The Hall–Kier alpha value is -1.27. The summed E-state index contributed by atoms with van der Waals surface area (Å²) in [5.41, 5.74) is 7.63. The number of carbonyl (C=O) groups is 1. The highest BCUT2D eigenvalue weighted by Crippen LogP contribution is 2.21. The number of nitrogens with zero attached hydrogens (tertiary/aromatic N) is 2. The largest absolute Gasteiger partial charge is 0.481 e. The Bertz CT molecular complexity index is 434. The third-order valence-electron chi connectivity index (χ3n) is 3.08. The van der Waals surface area contributed by atoms with E-state index in [2.05, 4.69) is 10.4 Å². The van der Waals surface area contributed by atoms with Crippen LogP contribution in [-0.2, 0) is 24.8 Å². The van der Waals surface area contributed by atoms with Crippen molar-refractivity contribution >= 4 is 18.3 Å². The van der Waals surface area contributed by atoms with Gasteiger partial charge in [0.2, 0.25) is 11.8 Å². The summed E-state index contributed by atoms with van der Waals surface area (Å²) < 4.78 is 7.00.